The van der Waals surface area contributed by atoms with Crippen LogP contribution in [0.2, 0.25) is 0 Å². The third-order valence-corrected chi connectivity index (χ3v) is 2.40. The van der Waals surface area contributed by atoms with Crippen molar-refractivity contribution in [3.8, 4) is 0 Å². The second kappa shape index (κ2) is 7.11. The summed E-state index contributed by atoms with van der Waals surface area (Å²) < 4.78 is 0. The quantitative estimate of drug-likeness (QED) is 0.630. The van der Waals surface area contributed by atoms with Crippen molar-refractivity contribution in [3.63, 3.8) is 0 Å². The Morgan fingerprint density at radius 1 is 1.18 bits per heavy atom. The Morgan fingerprint density at radius 2 is 1.71 bits per heavy atom. The molecule has 0 aromatic carbocycles. The molecule has 3 N–H and O–H groups in total. The fourth-order valence-corrected chi connectivity index (χ4v) is 1.28. The van der Waals surface area contributed by atoms with E-state index >= 15 is 0 Å². The zero-order chi connectivity index (χ0) is 13.6. The second-order valence-electron chi connectivity index (χ2n) is 4.79. The van der Waals surface area contributed by atoms with Gasteiger partial charge in [0.05, 0.1) is 0 Å². The summed E-state index contributed by atoms with van der Waals surface area (Å²) in [6, 6.07) is -1.34. The van der Waals surface area contributed by atoms with E-state index in [1.165, 1.54) is 6.92 Å². The number of nitrogens with zero attached hydrogens (tertiary/aromatic N) is 1. The average Bonchev–Trinajstić information content (AvgIpc) is 2.15. The van der Waals surface area contributed by atoms with E-state index in [1.54, 1.807) is 0 Å². The maximum Gasteiger partial charge on any atom is 0.325 e. The van der Waals surface area contributed by atoms with Crippen LogP contribution >= 0.6 is 0 Å². The van der Waals surface area contributed by atoms with E-state index in [-0.39, 0.29) is 12.0 Å². The highest BCUT2D eigenvalue weighted by Gasteiger charge is 2.19. The van der Waals surface area contributed by atoms with Gasteiger partial charge >= 0.3 is 12.0 Å². The van der Waals surface area contributed by atoms with Crippen molar-refractivity contribution in [2.45, 2.75) is 32.9 Å². The van der Waals surface area contributed by atoms with Crippen molar-refractivity contribution < 1.29 is 14.7 Å². The number of nitrogens with one attached hydrogen (secondary N) is 2. The SMILES string of the molecule is CC(C)C(CN(C)C)NC(=O)N[C@@H](C)C(=O)O. The molecule has 0 aliphatic heterocycles. The Hall–Kier alpha value is -1.30. The van der Waals surface area contributed by atoms with E-state index < -0.39 is 18.0 Å². The first-order chi connectivity index (χ1) is 7.73. The largest absolute Gasteiger partial charge is 0.480 e. The normalized spacial score (nSPS) is 14.5. The summed E-state index contributed by atoms with van der Waals surface area (Å²) in [5.74, 6) is -0.767. The van der Waals surface area contributed by atoms with Gasteiger partial charge in [0.25, 0.3) is 0 Å². The van der Waals surface area contributed by atoms with Gasteiger partial charge in [-0.3, -0.25) is 4.79 Å². The average molecular weight is 245 g/mol. The molecule has 2 amide bonds. The van der Waals surface area contributed by atoms with Gasteiger partial charge in [0.2, 0.25) is 0 Å². The molecule has 1 unspecified atom stereocenters. The lowest BCUT2D eigenvalue weighted by Crippen LogP contribution is -2.52. The highest BCUT2D eigenvalue weighted by Crippen LogP contribution is 2.02. The third-order valence-electron chi connectivity index (χ3n) is 2.40. The van der Waals surface area contributed by atoms with Crippen LogP contribution in [0.4, 0.5) is 4.79 Å². The maximum absolute atomic E-state index is 11.6. The summed E-state index contributed by atoms with van der Waals surface area (Å²) in [6.45, 7) is 6.16. The number of hydrogen-bond acceptors (Lipinski definition) is 3. The fraction of sp³-hybridized carbons (Fsp3) is 0.818. The molecule has 0 bridgehead atoms. The molecule has 2 atom stereocenters. The van der Waals surface area contributed by atoms with Crippen molar-refractivity contribution in [2.75, 3.05) is 20.6 Å². The number of carboxylic acids is 1. The van der Waals surface area contributed by atoms with E-state index in [2.05, 4.69) is 10.6 Å². The second-order valence-corrected chi connectivity index (χ2v) is 4.79. The molecular formula is C11H23N3O3. The van der Waals surface area contributed by atoms with Crippen molar-refractivity contribution in [2.24, 2.45) is 5.92 Å². The van der Waals surface area contributed by atoms with E-state index in [0.717, 1.165) is 0 Å². The number of carbonyl (C=O) groups is 2. The molecule has 0 heterocycles. The van der Waals surface area contributed by atoms with Crippen molar-refractivity contribution >= 4 is 12.0 Å². The molecule has 0 aliphatic rings. The molecule has 0 saturated carbocycles. The van der Waals surface area contributed by atoms with Crippen LogP contribution < -0.4 is 10.6 Å². The molecule has 0 radical (unpaired) electrons. The minimum absolute atomic E-state index is 0.00834. The minimum Gasteiger partial charge on any atom is -0.480 e. The van der Waals surface area contributed by atoms with Gasteiger partial charge in [-0.25, -0.2) is 4.79 Å². The zero-order valence-corrected chi connectivity index (χ0v) is 11.2. The van der Waals surface area contributed by atoms with Crippen LogP contribution in [-0.2, 0) is 4.79 Å². The molecule has 100 valence electrons. The van der Waals surface area contributed by atoms with Gasteiger partial charge in [0.15, 0.2) is 0 Å². The van der Waals surface area contributed by atoms with Crippen LogP contribution in [0, 0.1) is 5.92 Å². The van der Waals surface area contributed by atoms with E-state index in [4.69, 9.17) is 5.11 Å². The summed E-state index contributed by atoms with van der Waals surface area (Å²) in [7, 11) is 3.85. The lowest BCUT2D eigenvalue weighted by atomic mass is 10.0. The number of amides is 2. The molecule has 0 aromatic heterocycles. The maximum atomic E-state index is 11.6. The topological polar surface area (TPSA) is 81.7 Å². The number of likely N-dealkylation sites (N-methyl/N-ethyl adjacent to an activating group) is 1. The smallest absolute Gasteiger partial charge is 0.325 e. The molecule has 6 heteroatoms. The van der Waals surface area contributed by atoms with Crippen LogP contribution in [0.5, 0.6) is 0 Å². The molecular weight excluding hydrogens is 222 g/mol. The number of carboxylic acid groups (broad SMARTS) is 1. The van der Waals surface area contributed by atoms with Crippen molar-refractivity contribution in [1.29, 1.82) is 0 Å². The molecule has 6 nitrogen and oxygen atoms in total. The highest BCUT2D eigenvalue weighted by atomic mass is 16.4. The lowest BCUT2D eigenvalue weighted by molar-refractivity contribution is -0.138. The van der Waals surface area contributed by atoms with Gasteiger partial charge in [-0.1, -0.05) is 13.8 Å². The van der Waals surface area contributed by atoms with E-state index in [9.17, 15) is 9.59 Å². The van der Waals surface area contributed by atoms with Gasteiger partial charge in [-0.15, -0.1) is 0 Å². The van der Waals surface area contributed by atoms with Gasteiger partial charge < -0.3 is 20.6 Å². The highest BCUT2D eigenvalue weighted by molar-refractivity contribution is 5.82. The summed E-state index contributed by atoms with van der Waals surface area (Å²) in [4.78, 5) is 24.1. The van der Waals surface area contributed by atoms with Gasteiger partial charge in [0, 0.05) is 12.6 Å². The zero-order valence-electron chi connectivity index (χ0n) is 11.2. The van der Waals surface area contributed by atoms with Crippen LogP contribution in [0.25, 0.3) is 0 Å². The van der Waals surface area contributed by atoms with Crippen molar-refractivity contribution in [1.82, 2.24) is 15.5 Å². The van der Waals surface area contributed by atoms with Crippen molar-refractivity contribution in [3.05, 3.63) is 0 Å². The van der Waals surface area contributed by atoms with Crippen LogP contribution in [0.15, 0.2) is 0 Å². The number of carbonyl (C=O) groups excluding carboxylic acids is 1. The minimum atomic E-state index is -1.05. The summed E-state index contributed by atoms with van der Waals surface area (Å²) in [6.07, 6.45) is 0. The number of hydrogen-bond donors (Lipinski definition) is 3. The third kappa shape index (κ3) is 6.78. The Labute approximate surface area is 102 Å². The van der Waals surface area contributed by atoms with Crippen LogP contribution in [-0.4, -0.2) is 54.7 Å². The Morgan fingerprint density at radius 3 is 2.06 bits per heavy atom. The van der Waals surface area contributed by atoms with E-state index in [1.807, 2.05) is 32.8 Å². The first kappa shape index (κ1) is 15.7. The molecule has 0 spiro atoms. The summed E-state index contributed by atoms with van der Waals surface area (Å²) >= 11 is 0. The monoisotopic (exact) mass is 245 g/mol. The Kier molecular flexibility index (Phi) is 6.57. The summed E-state index contributed by atoms with van der Waals surface area (Å²) in [5, 5.41) is 13.8. The predicted molar refractivity (Wildman–Crippen MR) is 65.9 cm³/mol. The number of rotatable bonds is 6. The predicted octanol–water partition coefficient (Wildman–Crippen LogP) is 0.345. The standard InChI is InChI=1S/C11H23N3O3/c1-7(2)9(6-14(4)5)13-11(17)12-8(3)10(15)16/h7-9H,6H2,1-5H3,(H,15,16)(H2,12,13,17)/t8-,9?/m0/s1. The molecule has 0 rings (SSSR count). The molecule has 0 aromatic rings. The molecule has 0 saturated heterocycles. The Balaban J connectivity index is 4.26. The van der Waals surface area contributed by atoms with E-state index in [0.29, 0.717) is 6.54 Å². The molecule has 0 fully saturated rings. The number of urea groups is 1. The lowest BCUT2D eigenvalue weighted by Gasteiger charge is -2.26. The Bertz CT molecular complexity index is 267. The fourth-order valence-electron chi connectivity index (χ4n) is 1.28. The van der Waals surface area contributed by atoms with Gasteiger partial charge in [0.1, 0.15) is 6.04 Å². The first-order valence-corrected chi connectivity index (χ1v) is 5.68. The summed E-state index contributed by atoms with van der Waals surface area (Å²) in [5.41, 5.74) is 0. The molecule has 17 heavy (non-hydrogen) atoms. The van der Waals surface area contributed by atoms with Gasteiger partial charge in [-0.05, 0) is 26.9 Å². The van der Waals surface area contributed by atoms with Crippen LogP contribution in [0.3, 0.4) is 0 Å². The van der Waals surface area contributed by atoms with Crippen LogP contribution in [0.1, 0.15) is 20.8 Å². The van der Waals surface area contributed by atoms with Gasteiger partial charge in [-0.2, -0.15) is 0 Å². The molecule has 0 aliphatic carbocycles. The number of aliphatic carboxylic acids is 1. The first-order valence-electron chi connectivity index (χ1n) is 5.68.